The van der Waals surface area contributed by atoms with Crippen LogP contribution in [-0.4, -0.2) is 26.2 Å². The number of benzene rings is 2. The summed E-state index contributed by atoms with van der Waals surface area (Å²) >= 11 is 0. The Balaban J connectivity index is 1.84. The van der Waals surface area contributed by atoms with Crippen LogP contribution in [0.3, 0.4) is 0 Å². The van der Waals surface area contributed by atoms with Crippen molar-refractivity contribution in [3.63, 3.8) is 0 Å². The van der Waals surface area contributed by atoms with Gasteiger partial charge in [0.15, 0.2) is 23.0 Å². The van der Waals surface area contributed by atoms with E-state index >= 15 is 0 Å². The molecule has 0 unspecified atom stereocenters. The molecule has 0 aliphatic carbocycles. The zero-order valence-electron chi connectivity index (χ0n) is 16.0. The zero-order chi connectivity index (χ0) is 19.8. The molecule has 144 valence electrons. The molecular formula is C21H24O6. The summed E-state index contributed by atoms with van der Waals surface area (Å²) in [6.45, 7) is 3.79. The lowest BCUT2D eigenvalue weighted by atomic mass is 10.2. The normalized spacial score (nSPS) is 10.2. The van der Waals surface area contributed by atoms with E-state index in [9.17, 15) is 9.59 Å². The second-order valence-electron chi connectivity index (χ2n) is 6.11. The monoisotopic (exact) mass is 372 g/mol. The van der Waals surface area contributed by atoms with Crippen LogP contribution >= 0.6 is 0 Å². The Morgan fingerprint density at radius 3 is 1.48 bits per heavy atom. The third-order valence-electron chi connectivity index (χ3n) is 3.85. The van der Waals surface area contributed by atoms with Crippen LogP contribution in [0.25, 0.3) is 0 Å². The molecule has 0 N–H and O–H groups in total. The Labute approximate surface area is 159 Å². The zero-order valence-corrected chi connectivity index (χ0v) is 16.0. The van der Waals surface area contributed by atoms with Crippen LogP contribution in [0, 0.1) is 13.8 Å². The summed E-state index contributed by atoms with van der Waals surface area (Å²) in [7, 11) is 3.02. The standard InChI is InChI=1S/C21H24O6/c1-14-8-10-16(24-3)18(12-14)26-20(22)6-5-7-21(23)27-19-13-15(2)9-11-17(19)25-4/h8-13H,5-7H2,1-4H3. The van der Waals surface area contributed by atoms with Gasteiger partial charge in [-0.05, 0) is 55.7 Å². The predicted molar refractivity (Wildman–Crippen MR) is 101 cm³/mol. The molecule has 0 radical (unpaired) electrons. The highest BCUT2D eigenvalue weighted by molar-refractivity contribution is 5.76. The molecule has 0 aromatic heterocycles. The molecule has 2 aromatic carbocycles. The highest BCUT2D eigenvalue weighted by Gasteiger charge is 2.14. The number of esters is 2. The predicted octanol–water partition coefficient (Wildman–Crippen LogP) is 4.00. The van der Waals surface area contributed by atoms with Gasteiger partial charge in [0.2, 0.25) is 0 Å². The fourth-order valence-corrected chi connectivity index (χ4v) is 2.45. The van der Waals surface area contributed by atoms with Crippen LogP contribution in [0.5, 0.6) is 23.0 Å². The number of ether oxygens (including phenoxy) is 4. The van der Waals surface area contributed by atoms with Crippen molar-refractivity contribution in [2.24, 2.45) is 0 Å². The maximum Gasteiger partial charge on any atom is 0.311 e. The lowest BCUT2D eigenvalue weighted by Gasteiger charge is -2.11. The number of hydrogen-bond acceptors (Lipinski definition) is 6. The summed E-state index contributed by atoms with van der Waals surface area (Å²) in [5, 5.41) is 0. The first-order valence-electron chi connectivity index (χ1n) is 8.63. The summed E-state index contributed by atoms with van der Waals surface area (Å²) in [5.74, 6) is 0.851. The Hall–Kier alpha value is -3.02. The van der Waals surface area contributed by atoms with Crippen molar-refractivity contribution >= 4 is 11.9 Å². The maximum absolute atomic E-state index is 12.0. The van der Waals surface area contributed by atoms with Crippen molar-refractivity contribution in [1.29, 1.82) is 0 Å². The van der Waals surface area contributed by atoms with E-state index in [4.69, 9.17) is 18.9 Å². The number of aryl methyl sites for hydroxylation is 2. The van der Waals surface area contributed by atoms with Crippen LogP contribution in [0.2, 0.25) is 0 Å². The highest BCUT2D eigenvalue weighted by Crippen LogP contribution is 2.29. The molecule has 2 rings (SSSR count). The van der Waals surface area contributed by atoms with E-state index in [1.54, 1.807) is 24.3 Å². The van der Waals surface area contributed by atoms with Gasteiger partial charge < -0.3 is 18.9 Å². The topological polar surface area (TPSA) is 71.1 Å². The molecule has 0 saturated heterocycles. The summed E-state index contributed by atoms with van der Waals surface area (Å²) in [6.07, 6.45) is 0.508. The van der Waals surface area contributed by atoms with Gasteiger partial charge in [0.1, 0.15) is 0 Å². The van der Waals surface area contributed by atoms with Crippen molar-refractivity contribution in [3.05, 3.63) is 47.5 Å². The van der Waals surface area contributed by atoms with Crippen molar-refractivity contribution in [2.45, 2.75) is 33.1 Å². The minimum absolute atomic E-state index is 0.0944. The van der Waals surface area contributed by atoms with Crippen LogP contribution < -0.4 is 18.9 Å². The first-order chi connectivity index (χ1) is 12.9. The van der Waals surface area contributed by atoms with E-state index in [1.165, 1.54) is 14.2 Å². The van der Waals surface area contributed by atoms with Gasteiger partial charge in [0.05, 0.1) is 14.2 Å². The lowest BCUT2D eigenvalue weighted by Crippen LogP contribution is -2.12. The van der Waals surface area contributed by atoms with E-state index in [2.05, 4.69) is 0 Å². The molecule has 0 amide bonds. The quantitative estimate of drug-likeness (QED) is 0.515. The van der Waals surface area contributed by atoms with Gasteiger partial charge in [-0.25, -0.2) is 0 Å². The Bertz CT molecular complexity index is 745. The maximum atomic E-state index is 12.0. The molecule has 0 aliphatic heterocycles. The first kappa shape index (κ1) is 20.3. The van der Waals surface area contributed by atoms with Gasteiger partial charge >= 0.3 is 11.9 Å². The van der Waals surface area contributed by atoms with E-state index in [-0.39, 0.29) is 12.8 Å². The average molecular weight is 372 g/mol. The molecule has 0 saturated carbocycles. The lowest BCUT2D eigenvalue weighted by molar-refractivity contribution is -0.136. The minimum Gasteiger partial charge on any atom is -0.493 e. The third-order valence-corrected chi connectivity index (χ3v) is 3.85. The first-order valence-corrected chi connectivity index (χ1v) is 8.63. The van der Waals surface area contributed by atoms with Crippen molar-refractivity contribution in [1.82, 2.24) is 0 Å². The van der Waals surface area contributed by atoms with Gasteiger partial charge in [-0.3, -0.25) is 9.59 Å². The molecular weight excluding hydrogens is 348 g/mol. The van der Waals surface area contributed by atoms with E-state index in [1.807, 2.05) is 26.0 Å². The Morgan fingerprint density at radius 1 is 0.704 bits per heavy atom. The number of hydrogen-bond donors (Lipinski definition) is 0. The van der Waals surface area contributed by atoms with Gasteiger partial charge in [-0.15, -0.1) is 0 Å². The van der Waals surface area contributed by atoms with Gasteiger partial charge in [0.25, 0.3) is 0 Å². The Kier molecular flexibility index (Phi) is 7.23. The summed E-state index contributed by atoms with van der Waals surface area (Å²) in [5.41, 5.74) is 1.91. The largest absolute Gasteiger partial charge is 0.493 e. The smallest absolute Gasteiger partial charge is 0.311 e. The van der Waals surface area contributed by atoms with E-state index < -0.39 is 11.9 Å². The number of carbonyl (C=O) groups is 2. The molecule has 27 heavy (non-hydrogen) atoms. The van der Waals surface area contributed by atoms with Gasteiger partial charge in [-0.2, -0.15) is 0 Å². The molecule has 2 aromatic rings. The Morgan fingerprint density at radius 2 is 1.11 bits per heavy atom. The van der Waals surface area contributed by atoms with Crippen LogP contribution in [0.15, 0.2) is 36.4 Å². The number of methoxy groups -OCH3 is 2. The summed E-state index contributed by atoms with van der Waals surface area (Å²) in [6, 6.07) is 10.7. The fourth-order valence-electron chi connectivity index (χ4n) is 2.45. The molecule has 0 spiro atoms. The van der Waals surface area contributed by atoms with E-state index in [0.717, 1.165) is 11.1 Å². The van der Waals surface area contributed by atoms with Crippen LogP contribution in [-0.2, 0) is 9.59 Å². The number of rotatable bonds is 8. The van der Waals surface area contributed by atoms with Crippen molar-refractivity contribution < 1.29 is 28.5 Å². The van der Waals surface area contributed by atoms with Gasteiger partial charge in [0, 0.05) is 12.8 Å². The molecule has 6 nitrogen and oxygen atoms in total. The second kappa shape index (κ2) is 9.62. The average Bonchev–Trinajstić information content (AvgIpc) is 2.62. The van der Waals surface area contributed by atoms with Crippen LogP contribution in [0.1, 0.15) is 30.4 Å². The molecule has 0 aliphatic rings. The van der Waals surface area contributed by atoms with E-state index in [0.29, 0.717) is 29.4 Å². The second-order valence-corrected chi connectivity index (χ2v) is 6.11. The SMILES string of the molecule is COc1ccc(C)cc1OC(=O)CCCC(=O)Oc1cc(C)ccc1OC. The molecule has 0 heterocycles. The number of carbonyl (C=O) groups excluding carboxylic acids is 2. The summed E-state index contributed by atoms with van der Waals surface area (Å²) in [4.78, 5) is 24.1. The molecule has 0 fully saturated rings. The fraction of sp³-hybridized carbons (Fsp3) is 0.333. The molecule has 0 bridgehead atoms. The minimum atomic E-state index is -0.431. The van der Waals surface area contributed by atoms with Gasteiger partial charge in [-0.1, -0.05) is 12.1 Å². The third kappa shape index (κ3) is 6.02. The molecule has 0 atom stereocenters. The molecule has 6 heteroatoms. The van der Waals surface area contributed by atoms with Crippen molar-refractivity contribution in [2.75, 3.05) is 14.2 Å². The van der Waals surface area contributed by atoms with Crippen LogP contribution in [0.4, 0.5) is 0 Å². The highest BCUT2D eigenvalue weighted by atomic mass is 16.6. The summed E-state index contributed by atoms with van der Waals surface area (Å²) < 4.78 is 21.0. The van der Waals surface area contributed by atoms with Crippen molar-refractivity contribution in [3.8, 4) is 23.0 Å².